The van der Waals surface area contributed by atoms with Crippen molar-refractivity contribution in [3.8, 4) is 0 Å². The van der Waals surface area contributed by atoms with Crippen LogP contribution in [0.3, 0.4) is 0 Å². The van der Waals surface area contributed by atoms with E-state index in [1.165, 1.54) is 21.7 Å². The van der Waals surface area contributed by atoms with Gasteiger partial charge >= 0.3 is 0 Å². The summed E-state index contributed by atoms with van der Waals surface area (Å²) in [4.78, 5) is 17.5. The van der Waals surface area contributed by atoms with Crippen LogP contribution in [0.4, 0.5) is 0 Å². The molecule has 29 heavy (non-hydrogen) atoms. The number of thiazole rings is 1. The Morgan fingerprint density at radius 2 is 1.90 bits per heavy atom. The van der Waals surface area contributed by atoms with E-state index >= 15 is 0 Å². The van der Waals surface area contributed by atoms with Gasteiger partial charge in [0.2, 0.25) is 10.0 Å². The summed E-state index contributed by atoms with van der Waals surface area (Å²) in [5.41, 5.74) is 2.03. The Hall–Kier alpha value is -2.29. The van der Waals surface area contributed by atoms with Crippen molar-refractivity contribution in [1.29, 1.82) is 0 Å². The summed E-state index contributed by atoms with van der Waals surface area (Å²) in [5.74, 6) is -0.294. The van der Waals surface area contributed by atoms with Crippen LogP contribution in [0.5, 0.6) is 0 Å². The lowest BCUT2D eigenvalue weighted by Gasteiger charge is -2.26. The van der Waals surface area contributed by atoms with Gasteiger partial charge in [0.1, 0.15) is 5.01 Å². The van der Waals surface area contributed by atoms with E-state index in [-0.39, 0.29) is 10.8 Å². The number of nitrogens with zero attached hydrogens (tertiary/aromatic N) is 2. The van der Waals surface area contributed by atoms with E-state index in [4.69, 9.17) is 0 Å². The third-order valence-corrected chi connectivity index (χ3v) is 8.08. The molecular formula is C21H23N3O3S2. The standard InChI is InChI=1S/C21H23N3O3S2/c1-15-9-10-16(29(26,27)24-11-5-2-6-12-24)13-17(15)21(25)22-14-20-23-18-7-3-4-8-19(18)28-20/h3-4,7-10,13H,2,5-6,11-12,14H2,1H3,(H,22,25). The quantitative estimate of drug-likeness (QED) is 0.671. The van der Waals surface area contributed by atoms with Crippen molar-refractivity contribution >= 4 is 37.5 Å². The number of hydrogen-bond donors (Lipinski definition) is 1. The number of carbonyl (C=O) groups is 1. The van der Waals surface area contributed by atoms with Gasteiger partial charge in [-0.1, -0.05) is 24.6 Å². The topological polar surface area (TPSA) is 79.4 Å². The van der Waals surface area contributed by atoms with Crippen molar-refractivity contribution in [3.63, 3.8) is 0 Å². The number of nitrogens with one attached hydrogen (secondary N) is 1. The van der Waals surface area contributed by atoms with Gasteiger partial charge in [0.05, 0.1) is 21.7 Å². The van der Waals surface area contributed by atoms with E-state index in [1.807, 2.05) is 31.2 Å². The molecule has 1 aliphatic rings. The number of piperidine rings is 1. The molecule has 0 aliphatic carbocycles. The Bertz CT molecular complexity index is 1120. The van der Waals surface area contributed by atoms with Crippen LogP contribution in [-0.4, -0.2) is 36.7 Å². The fourth-order valence-corrected chi connectivity index (χ4v) is 5.96. The average Bonchev–Trinajstić information content (AvgIpc) is 3.16. The molecule has 1 N–H and O–H groups in total. The predicted octanol–water partition coefficient (Wildman–Crippen LogP) is 3.71. The Morgan fingerprint density at radius 1 is 1.14 bits per heavy atom. The zero-order valence-corrected chi connectivity index (χ0v) is 17.9. The van der Waals surface area contributed by atoms with Crippen molar-refractivity contribution in [1.82, 2.24) is 14.6 Å². The van der Waals surface area contributed by atoms with E-state index in [2.05, 4.69) is 10.3 Å². The molecule has 6 nitrogen and oxygen atoms in total. The molecule has 0 atom stereocenters. The summed E-state index contributed by atoms with van der Waals surface area (Å²) >= 11 is 1.54. The number of carbonyl (C=O) groups excluding carboxylic acids is 1. The van der Waals surface area contributed by atoms with E-state index in [9.17, 15) is 13.2 Å². The minimum atomic E-state index is -3.58. The SMILES string of the molecule is Cc1ccc(S(=O)(=O)N2CCCCC2)cc1C(=O)NCc1nc2ccccc2s1. The molecule has 1 fully saturated rings. The number of fused-ring (bicyclic) bond motifs is 1. The summed E-state index contributed by atoms with van der Waals surface area (Å²) in [7, 11) is -3.58. The highest BCUT2D eigenvalue weighted by Crippen LogP contribution is 2.24. The fourth-order valence-electron chi connectivity index (χ4n) is 3.51. The van der Waals surface area contributed by atoms with Gasteiger partial charge in [-0.05, 0) is 49.6 Å². The summed E-state index contributed by atoms with van der Waals surface area (Å²) in [6.07, 6.45) is 2.81. The second-order valence-electron chi connectivity index (χ2n) is 7.20. The highest BCUT2D eigenvalue weighted by atomic mass is 32.2. The zero-order valence-electron chi connectivity index (χ0n) is 16.2. The van der Waals surface area contributed by atoms with E-state index in [0.29, 0.717) is 25.2 Å². The van der Waals surface area contributed by atoms with Crippen LogP contribution in [-0.2, 0) is 16.6 Å². The van der Waals surface area contributed by atoms with Crippen LogP contribution in [0, 0.1) is 6.92 Å². The minimum Gasteiger partial charge on any atom is -0.346 e. The number of rotatable bonds is 5. The number of sulfonamides is 1. The predicted molar refractivity (Wildman–Crippen MR) is 115 cm³/mol. The number of hydrogen-bond acceptors (Lipinski definition) is 5. The van der Waals surface area contributed by atoms with Crippen LogP contribution < -0.4 is 5.32 Å². The van der Waals surface area contributed by atoms with Gasteiger partial charge in [0.15, 0.2) is 0 Å². The first-order chi connectivity index (χ1) is 13.9. The second kappa shape index (κ2) is 8.22. The maximum Gasteiger partial charge on any atom is 0.251 e. The number of para-hydroxylation sites is 1. The number of aromatic nitrogens is 1. The average molecular weight is 430 g/mol. The van der Waals surface area contributed by atoms with Gasteiger partial charge in [-0.15, -0.1) is 11.3 Å². The van der Waals surface area contributed by atoms with E-state index in [0.717, 1.165) is 40.1 Å². The van der Waals surface area contributed by atoms with Gasteiger partial charge < -0.3 is 5.32 Å². The van der Waals surface area contributed by atoms with Gasteiger partial charge in [0.25, 0.3) is 5.91 Å². The highest BCUT2D eigenvalue weighted by Gasteiger charge is 2.27. The molecule has 152 valence electrons. The molecule has 0 spiro atoms. The third kappa shape index (κ3) is 4.19. The molecule has 0 saturated carbocycles. The lowest BCUT2D eigenvalue weighted by molar-refractivity contribution is 0.0950. The first kappa shape index (κ1) is 20.0. The van der Waals surface area contributed by atoms with E-state index in [1.54, 1.807) is 12.1 Å². The van der Waals surface area contributed by atoms with E-state index < -0.39 is 10.0 Å². The zero-order chi connectivity index (χ0) is 20.4. The molecule has 1 aromatic heterocycles. The van der Waals surface area contributed by atoms with Crippen molar-refractivity contribution in [2.75, 3.05) is 13.1 Å². The maximum absolute atomic E-state index is 12.9. The third-order valence-electron chi connectivity index (χ3n) is 5.14. The Balaban J connectivity index is 1.52. The minimum absolute atomic E-state index is 0.176. The highest BCUT2D eigenvalue weighted by molar-refractivity contribution is 7.89. The largest absolute Gasteiger partial charge is 0.346 e. The van der Waals surface area contributed by atoms with Crippen LogP contribution in [0.15, 0.2) is 47.4 Å². The normalized spacial score (nSPS) is 15.5. The van der Waals surface area contributed by atoms with Crippen molar-refractivity contribution in [2.24, 2.45) is 0 Å². The van der Waals surface area contributed by atoms with Gasteiger partial charge in [0, 0.05) is 18.7 Å². The molecule has 4 rings (SSSR count). The fraction of sp³-hybridized carbons (Fsp3) is 0.333. The van der Waals surface area contributed by atoms with Crippen LogP contribution >= 0.6 is 11.3 Å². The van der Waals surface area contributed by atoms with Crippen molar-refractivity contribution < 1.29 is 13.2 Å². The number of benzene rings is 2. The Kier molecular flexibility index (Phi) is 5.67. The molecule has 0 bridgehead atoms. The lowest BCUT2D eigenvalue weighted by Crippen LogP contribution is -2.35. The lowest BCUT2D eigenvalue weighted by atomic mass is 10.1. The maximum atomic E-state index is 12.9. The Labute approximate surface area is 174 Å². The molecule has 1 saturated heterocycles. The molecule has 1 amide bonds. The summed E-state index contributed by atoms with van der Waals surface area (Å²) in [6.45, 7) is 3.19. The molecule has 2 aromatic carbocycles. The van der Waals surface area contributed by atoms with Crippen molar-refractivity contribution in [2.45, 2.75) is 37.6 Å². The summed E-state index contributed by atoms with van der Waals surface area (Å²) < 4.78 is 28.5. The van der Waals surface area contributed by atoms with Crippen LogP contribution in [0.1, 0.15) is 40.2 Å². The summed E-state index contributed by atoms with van der Waals surface area (Å²) in [5, 5.41) is 3.69. The summed E-state index contributed by atoms with van der Waals surface area (Å²) in [6, 6.07) is 12.6. The first-order valence-corrected chi connectivity index (χ1v) is 11.9. The van der Waals surface area contributed by atoms with Crippen molar-refractivity contribution in [3.05, 3.63) is 58.6 Å². The molecule has 1 aliphatic heterocycles. The first-order valence-electron chi connectivity index (χ1n) is 9.68. The monoisotopic (exact) mass is 429 g/mol. The van der Waals surface area contributed by atoms with Crippen LogP contribution in [0.25, 0.3) is 10.2 Å². The van der Waals surface area contributed by atoms with Gasteiger partial charge in [-0.3, -0.25) is 4.79 Å². The number of aryl methyl sites for hydroxylation is 1. The molecular weight excluding hydrogens is 406 g/mol. The molecule has 0 unspecified atom stereocenters. The molecule has 8 heteroatoms. The van der Waals surface area contributed by atoms with Gasteiger partial charge in [-0.25, -0.2) is 13.4 Å². The second-order valence-corrected chi connectivity index (χ2v) is 10.3. The molecule has 0 radical (unpaired) electrons. The van der Waals surface area contributed by atoms with Crippen LogP contribution in [0.2, 0.25) is 0 Å². The molecule has 2 heterocycles. The molecule has 3 aromatic rings. The number of amides is 1. The smallest absolute Gasteiger partial charge is 0.251 e. The Morgan fingerprint density at radius 3 is 2.66 bits per heavy atom. The van der Waals surface area contributed by atoms with Gasteiger partial charge in [-0.2, -0.15) is 4.31 Å².